The van der Waals surface area contributed by atoms with E-state index >= 15 is 0 Å². The lowest BCUT2D eigenvalue weighted by molar-refractivity contribution is 0.593. The van der Waals surface area contributed by atoms with Gasteiger partial charge in [0.2, 0.25) is 0 Å². The van der Waals surface area contributed by atoms with Crippen molar-refractivity contribution in [2.45, 2.75) is 4.90 Å². The summed E-state index contributed by atoms with van der Waals surface area (Å²) in [6.45, 7) is 0. The molecule has 0 atom stereocenters. The van der Waals surface area contributed by atoms with Gasteiger partial charge in [0.1, 0.15) is 0 Å². The van der Waals surface area contributed by atoms with Gasteiger partial charge in [0.25, 0.3) is 10.0 Å². The first-order valence-corrected chi connectivity index (χ1v) is 5.13. The lowest BCUT2D eigenvalue weighted by Gasteiger charge is -2.00. The van der Waals surface area contributed by atoms with E-state index < -0.39 is 10.0 Å². The molecule has 0 saturated carbocycles. The van der Waals surface area contributed by atoms with E-state index in [1.54, 1.807) is 18.2 Å². The van der Waals surface area contributed by atoms with Crippen LogP contribution in [0.15, 0.2) is 35.2 Å². The average Bonchev–Trinajstić information content (AvgIpc) is 2.06. The van der Waals surface area contributed by atoms with E-state index in [9.17, 15) is 8.42 Å². The van der Waals surface area contributed by atoms with Crippen LogP contribution in [-0.2, 0) is 10.0 Å². The Kier molecular flexibility index (Phi) is 2.78. The molecule has 5 heteroatoms. The molecule has 0 spiro atoms. The molecule has 0 fully saturated rings. The summed E-state index contributed by atoms with van der Waals surface area (Å²) in [5.41, 5.74) is 0.975. The van der Waals surface area contributed by atoms with Crippen LogP contribution in [-0.4, -0.2) is 13.9 Å². The van der Waals surface area contributed by atoms with Crippen molar-refractivity contribution in [3.05, 3.63) is 30.3 Å². The summed E-state index contributed by atoms with van der Waals surface area (Å²) < 4.78 is 24.5. The molecule has 0 unspecified atom stereocenters. The Morgan fingerprint density at radius 1 is 1.25 bits per heavy atom. The number of sulfonamides is 1. The maximum atomic E-state index is 11.2. The third-order valence-corrected chi connectivity index (χ3v) is 2.84. The van der Waals surface area contributed by atoms with Crippen molar-refractivity contribution in [2.75, 3.05) is 0 Å². The van der Waals surface area contributed by atoms with Crippen LogP contribution < -0.4 is 4.72 Å². The van der Waals surface area contributed by atoms with Gasteiger partial charge in [0.05, 0.1) is 10.4 Å². The summed E-state index contributed by atoms with van der Waals surface area (Å²) in [4.78, 5) is 0.214. The zero-order chi connectivity index (χ0) is 9.03. The summed E-state index contributed by atoms with van der Waals surface area (Å²) in [5.74, 6) is 0. The van der Waals surface area contributed by atoms with E-state index in [0.29, 0.717) is 0 Å². The number of benzene rings is 1. The lowest BCUT2D eigenvalue weighted by Crippen LogP contribution is -2.20. The predicted octanol–water partition coefficient (Wildman–Crippen LogP) is 0.922. The minimum atomic E-state index is -3.42. The zero-order valence-corrected chi connectivity index (χ0v) is 7.73. The van der Waals surface area contributed by atoms with Crippen LogP contribution in [0.25, 0.3) is 0 Å². The van der Waals surface area contributed by atoms with Gasteiger partial charge in [-0.3, -0.25) is 4.72 Å². The highest BCUT2D eigenvalue weighted by Gasteiger charge is 2.09. The van der Waals surface area contributed by atoms with E-state index in [-0.39, 0.29) is 4.90 Å². The Morgan fingerprint density at radius 2 is 1.83 bits per heavy atom. The molecule has 1 aromatic carbocycles. The van der Waals surface area contributed by atoms with Gasteiger partial charge in [-0.05, 0) is 12.1 Å². The van der Waals surface area contributed by atoms with E-state index in [0.717, 1.165) is 5.49 Å². The zero-order valence-electron chi connectivity index (χ0n) is 6.10. The molecule has 0 radical (unpaired) electrons. The minimum Gasteiger partial charge on any atom is -0.276 e. The standard InChI is InChI=1S/C7H7NO2S2/c9-12(10,8-6-11)7-4-2-1-3-5-7/h1-6H,(H,8,11). The van der Waals surface area contributed by atoms with Gasteiger partial charge >= 0.3 is 0 Å². The Balaban J connectivity index is 3.07. The van der Waals surface area contributed by atoms with Crippen LogP contribution in [0.2, 0.25) is 0 Å². The van der Waals surface area contributed by atoms with E-state index in [4.69, 9.17) is 0 Å². The summed E-state index contributed by atoms with van der Waals surface area (Å²) >= 11 is 4.38. The molecule has 64 valence electrons. The first-order chi connectivity index (χ1) is 5.67. The molecule has 1 rings (SSSR count). The molecule has 0 aliphatic carbocycles. The molecule has 0 aliphatic heterocycles. The fraction of sp³-hybridized carbons (Fsp3) is 0. The second-order valence-corrected chi connectivity index (χ2v) is 4.00. The summed E-state index contributed by atoms with van der Waals surface area (Å²) in [7, 11) is -3.42. The van der Waals surface area contributed by atoms with Crippen LogP contribution in [0.1, 0.15) is 0 Å². The predicted molar refractivity (Wildman–Crippen MR) is 50.4 cm³/mol. The molecule has 12 heavy (non-hydrogen) atoms. The fourth-order valence-electron chi connectivity index (χ4n) is 0.731. The molecular formula is C7H7NO2S2. The second-order valence-electron chi connectivity index (χ2n) is 2.05. The van der Waals surface area contributed by atoms with Crippen LogP contribution in [0.5, 0.6) is 0 Å². The van der Waals surface area contributed by atoms with Crippen molar-refractivity contribution in [2.24, 2.45) is 0 Å². The van der Waals surface area contributed by atoms with E-state index in [2.05, 4.69) is 16.9 Å². The van der Waals surface area contributed by atoms with Gasteiger partial charge in [-0.2, -0.15) is 0 Å². The van der Waals surface area contributed by atoms with Gasteiger partial charge in [-0.25, -0.2) is 8.42 Å². The molecule has 1 N–H and O–H groups in total. The van der Waals surface area contributed by atoms with Crippen LogP contribution in [0.4, 0.5) is 0 Å². The van der Waals surface area contributed by atoms with Gasteiger partial charge in [0.15, 0.2) is 0 Å². The quantitative estimate of drug-likeness (QED) is 0.740. The molecule has 0 saturated heterocycles. The number of nitrogens with one attached hydrogen (secondary N) is 1. The molecular weight excluding hydrogens is 194 g/mol. The number of thiocarbonyl (C=S) groups is 1. The normalized spacial score (nSPS) is 10.7. The molecule has 0 heterocycles. The van der Waals surface area contributed by atoms with E-state index in [1.807, 2.05) is 0 Å². The van der Waals surface area contributed by atoms with E-state index in [1.165, 1.54) is 12.1 Å². The molecule has 1 aromatic rings. The van der Waals surface area contributed by atoms with Crippen molar-refractivity contribution < 1.29 is 8.42 Å². The second kappa shape index (κ2) is 3.64. The largest absolute Gasteiger partial charge is 0.276 e. The molecule has 0 aromatic heterocycles. The molecule has 3 nitrogen and oxygen atoms in total. The Labute approximate surface area is 76.5 Å². The highest BCUT2D eigenvalue weighted by Crippen LogP contribution is 2.05. The Hall–Kier alpha value is -0.940. The molecule has 0 aliphatic rings. The summed E-state index contributed by atoms with van der Waals surface area (Å²) in [5, 5.41) is 0. The summed E-state index contributed by atoms with van der Waals surface area (Å²) in [6.07, 6.45) is 0. The van der Waals surface area contributed by atoms with Crippen molar-refractivity contribution in [3.8, 4) is 0 Å². The molecule has 0 bridgehead atoms. The van der Waals surface area contributed by atoms with Crippen molar-refractivity contribution in [1.29, 1.82) is 0 Å². The fourth-order valence-corrected chi connectivity index (χ4v) is 1.89. The van der Waals surface area contributed by atoms with Crippen molar-refractivity contribution in [1.82, 2.24) is 4.72 Å². The maximum Gasteiger partial charge on any atom is 0.262 e. The van der Waals surface area contributed by atoms with Gasteiger partial charge in [0, 0.05) is 0 Å². The van der Waals surface area contributed by atoms with Crippen molar-refractivity contribution >= 4 is 27.7 Å². The number of rotatable bonds is 3. The first-order valence-electron chi connectivity index (χ1n) is 3.18. The van der Waals surface area contributed by atoms with Gasteiger partial charge < -0.3 is 0 Å². The first kappa shape index (κ1) is 9.15. The minimum absolute atomic E-state index is 0.214. The number of hydrogen-bond donors (Lipinski definition) is 1. The van der Waals surface area contributed by atoms with Crippen LogP contribution in [0.3, 0.4) is 0 Å². The van der Waals surface area contributed by atoms with Crippen molar-refractivity contribution in [3.63, 3.8) is 0 Å². The smallest absolute Gasteiger partial charge is 0.262 e. The van der Waals surface area contributed by atoms with Crippen LogP contribution in [0, 0.1) is 0 Å². The summed E-state index contributed by atoms with van der Waals surface area (Å²) in [6, 6.07) is 8.05. The van der Waals surface area contributed by atoms with Gasteiger partial charge in [-0.1, -0.05) is 30.4 Å². The molecule has 0 amide bonds. The Bertz CT molecular complexity index is 358. The third kappa shape index (κ3) is 2.02. The van der Waals surface area contributed by atoms with Crippen LogP contribution >= 0.6 is 12.2 Å². The lowest BCUT2D eigenvalue weighted by atomic mass is 10.4. The topological polar surface area (TPSA) is 46.2 Å². The monoisotopic (exact) mass is 201 g/mol. The Morgan fingerprint density at radius 3 is 2.33 bits per heavy atom. The maximum absolute atomic E-state index is 11.2. The number of hydrogen-bond acceptors (Lipinski definition) is 3. The average molecular weight is 201 g/mol. The highest BCUT2D eigenvalue weighted by molar-refractivity contribution is 7.91. The highest BCUT2D eigenvalue weighted by atomic mass is 32.2. The third-order valence-electron chi connectivity index (χ3n) is 1.26. The van der Waals surface area contributed by atoms with Gasteiger partial charge in [-0.15, -0.1) is 0 Å². The SMILES string of the molecule is O=S(=O)(NC=S)c1ccccc1.